The van der Waals surface area contributed by atoms with Gasteiger partial charge in [0.05, 0.1) is 37.6 Å². The van der Waals surface area contributed by atoms with Crippen LogP contribution >= 0.6 is 0 Å². The molecule has 29 heavy (non-hydrogen) atoms. The molecule has 2 aromatic carbocycles. The van der Waals surface area contributed by atoms with Gasteiger partial charge in [0.1, 0.15) is 11.5 Å². The third kappa shape index (κ3) is 4.08. The Balaban J connectivity index is 2.14. The van der Waals surface area contributed by atoms with E-state index < -0.39 is 16.0 Å². The van der Waals surface area contributed by atoms with Gasteiger partial charge in [-0.15, -0.1) is 0 Å². The molecule has 2 N–H and O–H groups in total. The normalized spacial score (nSPS) is 11.2. The molecule has 0 atom stereocenters. The summed E-state index contributed by atoms with van der Waals surface area (Å²) in [5, 5.41) is 9.62. The molecule has 9 nitrogen and oxygen atoms in total. The number of primary sulfonamides is 1. The Kier molecular flexibility index (Phi) is 5.57. The molecule has 0 amide bonds. The Hall–Kier alpha value is -3.37. The predicted molar refractivity (Wildman–Crippen MR) is 105 cm³/mol. The summed E-state index contributed by atoms with van der Waals surface area (Å²) in [6.45, 7) is 0. The number of carbonyl (C=O) groups is 1. The largest absolute Gasteiger partial charge is 0.497 e. The third-order valence-electron chi connectivity index (χ3n) is 4.20. The number of esters is 1. The lowest BCUT2D eigenvalue weighted by Crippen LogP contribution is -2.13. The second kappa shape index (κ2) is 7.94. The molecular weight excluding hydrogens is 398 g/mol. The maximum Gasteiger partial charge on any atom is 0.356 e. The molecule has 152 valence electrons. The standard InChI is InChI=1S/C19H19N3O6S/c1-26-13-6-9-15(18(10-13)27-2)16-11-17(19(23)28-3)22(21-16)12-4-7-14(8-5-12)29(20,24)25/h4-11H,1-3H3,(H2,20,24,25). The van der Waals surface area contributed by atoms with Crippen molar-refractivity contribution in [3.63, 3.8) is 0 Å². The number of methoxy groups -OCH3 is 3. The van der Waals surface area contributed by atoms with Crippen LogP contribution in [0.2, 0.25) is 0 Å². The molecule has 0 saturated heterocycles. The Bertz CT molecular complexity index is 1150. The molecule has 0 unspecified atom stereocenters. The molecule has 3 aromatic rings. The number of benzene rings is 2. The van der Waals surface area contributed by atoms with E-state index in [4.69, 9.17) is 19.3 Å². The van der Waals surface area contributed by atoms with Gasteiger partial charge in [-0.05, 0) is 42.5 Å². The van der Waals surface area contributed by atoms with Gasteiger partial charge in [-0.2, -0.15) is 5.10 Å². The Morgan fingerprint density at radius 2 is 1.69 bits per heavy atom. The van der Waals surface area contributed by atoms with Gasteiger partial charge in [0.2, 0.25) is 10.0 Å². The summed E-state index contributed by atoms with van der Waals surface area (Å²) >= 11 is 0. The van der Waals surface area contributed by atoms with Crippen LogP contribution in [0, 0.1) is 0 Å². The summed E-state index contributed by atoms with van der Waals surface area (Å²) in [5.41, 5.74) is 1.71. The van der Waals surface area contributed by atoms with E-state index in [0.717, 1.165) is 0 Å². The van der Waals surface area contributed by atoms with Gasteiger partial charge in [0.15, 0.2) is 5.69 Å². The quantitative estimate of drug-likeness (QED) is 0.609. The fourth-order valence-electron chi connectivity index (χ4n) is 2.75. The summed E-state index contributed by atoms with van der Waals surface area (Å²) in [6, 6.07) is 12.4. The average molecular weight is 417 g/mol. The van der Waals surface area contributed by atoms with Crippen LogP contribution in [0.15, 0.2) is 53.4 Å². The van der Waals surface area contributed by atoms with Crippen LogP contribution in [-0.2, 0) is 14.8 Å². The van der Waals surface area contributed by atoms with E-state index in [1.807, 2.05) is 0 Å². The van der Waals surface area contributed by atoms with Crippen molar-refractivity contribution < 1.29 is 27.4 Å². The predicted octanol–water partition coefficient (Wildman–Crippen LogP) is 1.99. The minimum absolute atomic E-state index is 0.0509. The van der Waals surface area contributed by atoms with Crippen molar-refractivity contribution in [3.05, 3.63) is 54.2 Å². The van der Waals surface area contributed by atoms with Crippen molar-refractivity contribution in [2.75, 3.05) is 21.3 Å². The third-order valence-corrected chi connectivity index (χ3v) is 5.13. The first-order valence-corrected chi connectivity index (χ1v) is 9.87. The van der Waals surface area contributed by atoms with Gasteiger partial charge < -0.3 is 14.2 Å². The highest BCUT2D eigenvalue weighted by molar-refractivity contribution is 7.89. The van der Waals surface area contributed by atoms with Gasteiger partial charge in [-0.3, -0.25) is 0 Å². The lowest BCUT2D eigenvalue weighted by molar-refractivity contribution is 0.0590. The highest BCUT2D eigenvalue weighted by Crippen LogP contribution is 2.33. The second-order valence-corrected chi connectivity index (χ2v) is 7.48. The van der Waals surface area contributed by atoms with Crippen molar-refractivity contribution in [1.29, 1.82) is 0 Å². The van der Waals surface area contributed by atoms with Crippen molar-refractivity contribution in [3.8, 4) is 28.4 Å². The van der Waals surface area contributed by atoms with E-state index in [1.54, 1.807) is 31.4 Å². The van der Waals surface area contributed by atoms with Gasteiger partial charge in [0.25, 0.3) is 0 Å². The highest BCUT2D eigenvalue weighted by atomic mass is 32.2. The number of nitrogens with two attached hydrogens (primary N) is 1. The van der Waals surface area contributed by atoms with Gasteiger partial charge in [-0.1, -0.05) is 0 Å². The summed E-state index contributed by atoms with van der Waals surface area (Å²) in [6.07, 6.45) is 0. The van der Waals surface area contributed by atoms with Crippen LogP contribution in [0.1, 0.15) is 10.5 Å². The van der Waals surface area contributed by atoms with E-state index in [2.05, 4.69) is 5.10 Å². The zero-order valence-electron chi connectivity index (χ0n) is 15.9. The summed E-state index contributed by atoms with van der Waals surface area (Å²) in [7, 11) is 0.487. The van der Waals surface area contributed by atoms with Crippen LogP contribution in [-0.4, -0.2) is 45.5 Å². The van der Waals surface area contributed by atoms with Crippen LogP contribution in [0.25, 0.3) is 16.9 Å². The molecule has 0 aliphatic heterocycles. The van der Waals surface area contributed by atoms with E-state index in [9.17, 15) is 13.2 Å². The number of hydrogen-bond donors (Lipinski definition) is 1. The lowest BCUT2D eigenvalue weighted by atomic mass is 10.1. The van der Waals surface area contributed by atoms with E-state index in [1.165, 1.54) is 43.2 Å². The molecule has 0 saturated carbocycles. The number of sulfonamides is 1. The second-order valence-electron chi connectivity index (χ2n) is 5.92. The molecule has 0 aliphatic rings. The average Bonchev–Trinajstić information content (AvgIpc) is 3.17. The Morgan fingerprint density at radius 3 is 2.24 bits per heavy atom. The highest BCUT2D eigenvalue weighted by Gasteiger charge is 2.20. The fourth-order valence-corrected chi connectivity index (χ4v) is 3.26. The molecule has 10 heteroatoms. The van der Waals surface area contributed by atoms with Crippen molar-refractivity contribution >= 4 is 16.0 Å². The molecule has 0 fully saturated rings. The van der Waals surface area contributed by atoms with Crippen molar-refractivity contribution in [1.82, 2.24) is 9.78 Å². The summed E-state index contributed by atoms with van der Waals surface area (Å²) < 4.78 is 39.8. The number of ether oxygens (including phenoxy) is 3. The minimum Gasteiger partial charge on any atom is -0.497 e. The topological polar surface area (TPSA) is 123 Å². The number of aromatic nitrogens is 2. The van der Waals surface area contributed by atoms with Crippen molar-refractivity contribution in [2.24, 2.45) is 5.14 Å². The smallest absolute Gasteiger partial charge is 0.356 e. The number of nitrogens with zero attached hydrogens (tertiary/aromatic N) is 2. The fraction of sp³-hybridized carbons (Fsp3) is 0.158. The van der Waals surface area contributed by atoms with Crippen LogP contribution in [0.5, 0.6) is 11.5 Å². The van der Waals surface area contributed by atoms with E-state index >= 15 is 0 Å². The number of hydrogen-bond acceptors (Lipinski definition) is 7. The molecule has 0 radical (unpaired) electrons. The zero-order valence-corrected chi connectivity index (χ0v) is 16.8. The maximum atomic E-state index is 12.3. The zero-order chi connectivity index (χ0) is 21.2. The minimum atomic E-state index is -3.84. The van der Waals surface area contributed by atoms with Crippen molar-refractivity contribution in [2.45, 2.75) is 4.90 Å². The van der Waals surface area contributed by atoms with Gasteiger partial charge in [-0.25, -0.2) is 23.0 Å². The van der Waals surface area contributed by atoms with Gasteiger partial charge in [0, 0.05) is 11.6 Å². The molecule has 1 heterocycles. The van der Waals surface area contributed by atoms with Crippen LogP contribution < -0.4 is 14.6 Å². The first-order chi connectivity index (χ1) is 13.8. The molecule has 0 bridgehead atoms. The molecule has 0 aliphatic carbocycles. The monoisotopic (exact) mass is 417 g/mol. The SMILES string of the molecule is COC(=O)c1cc(-c2ccc(OC)cc2OC)nn1-c1ccc(S(N)(=O)=O)cc1. The van der Waals surface area contributed by atoms with Crippen LogP contribution in [0.3, 0.4) is 0 Å². The number of rotatable bonds is 6. The molecule has 1 aromatic heterocycles. The van der Waals surface area contributed by atoms with E-state index in [0.29, 0.717) is 28.4 Å². The molecule has 3 rings (SSSR count). The molecule has 0 spiro atoms. The van der Waals surface area contributed by atoms with Crippen LogP contribution in [0.4, 0.5) is 0 Å². The first kappa shape index (κ1) is 20.4. The number of carbonyl (C=O) groups excluding carboxylic acids is 1. The Labute approximate surface area is 167 Å². The summed E-state index contributed by atoms with van der Waals surface area (Å²) in [5.74, 6) is 0.513. The summed E-state index contributed by atoms with van der Waals surface area (Å²) in [4.78, 5) is 12.2. The molecular formula is C19H19N3O6S. The first-order valence-electron chi connectivity index (χ1n) is 8.32. The van der Waals surface area contributed by atoms with Gasteiger partial charge >= 0.3 is 5.97 Å². The van der Waals surface area contributed by atoms with E-state index in [-0.39, 0.29) is 10.6 Å². The Morgan fingerprint density at radius 1 is 1.00 bits per heavy atom. The lowest BCUT2D eigenvalue weighted by Gasteiger charge is -2.08. The maximum absolute atomic E-state index is 12.3.